The first-order valence-electron chi connectivity index (χ1n) is 5.08. The summed E-state index contributed by atoms with van der Waals surface area (Å²) < 4.78 is 0. The van der Waals surface area contributed by atoms with Crippen molar-refractivity contribution >= 4 is 25.2 Å². The number of hydrogen-bond donors (Lipinski definition) is 1. The van der Waals surface area contributed by atoms with E-state index in [0.717, 1.165) is 23.7 Å². The Hall–Kier alpha value is -1.87. The number of carbonyl (C=O) groups is 2. The molecule has 2 aromatic rings. The van der Waals surface area contributed by atoms with E-state index >= 15 is 0 Å². The molecule has 0 aliphatic rings. The van der Waals surface area contributed by atoms with Crippen LogP contribution in [0.1, 0.15) is 20.7 Å². The van der Waals surface area contributed by atoms with Gasteiger partial charge in [0.25, 0.3) is 0 Å². The highest BCUT2D eigenvalue weighted by Crippen LogP contribution is 2.24. The monoisotopic (exact) mass is 242 g/mol. The summed E-state index contributed by atoms with van der Waals surface area (Å²) in [5.41, 5.74) is 3.17. The highest BCUT2D eigenvalue weighted by molar-refractivity contribution is 7.80. The van der Waals surface area contributed by atoms with Gasteiger partial charge in [-0.25, -0.2) is 0 Å². The standard InChI is InChI=1S/C14H10O2S/c15-8-10-1-3-11(4-2-10)12-5-6-13(9-16)14(17)7-12/h1-9,17H. The van der Waals surface area contributed by atoms with Crippen molar-refractivity contribution in [2.45, 2.75) is 4.90 Å². The van der Waals surface area contributed by atoms with E-state index in [1.165, 1.54) is 0 Å². The number of aldehydes is 2. The van der Waals surface area contributed by atoms with Crippen LogP contribution in [-0.4, -0.2) is 12.6 Å². The molecule has 0 atom stereocenters. The van der Waals surface area contributed by atoms with Gasteiger partial charge in [0, 0.05) is 16.0 Å². The summed E-state index contributed by atoms with van der Waals surface area (Å²) in [5, 5.41) is 0. The Kier molecular flexibility index (Phi) is 3.40. The normalized spacial score (nSPS) is 9.94. The molecular weight excluding hydrogens is 232 g/mol. The summed E-state index contributed by atoms with van der Waals surface area (Å²) >= 11 is 4.25. The first-order chi connectivity index (χ1) is 8.24. The topological polar surface area (TPSA) is 34.1 Å². The lowest BCUT2D eigenvalue weighted by molar-refractivity contribution is 0.111. The first-order valence-corrected chi connectivity index (χ1v) is 5.53. The lowest BCUT2D eigenvalue weighted by Crippen LogP contribution is -1.85. The molecule has 2 aromatic carbocycles. The van der Waals surface area contributed by atoms with Gasteiger partial charge in [-0.1, -0.05) is 30.3 Å². The zero-order chi connectivity index (χ0) is 12.3. The van der Waals surface area contributed by atoms with Crippen LogP contribution in [0.15, 0.2) is 47.4 Å². The molecule has 17 heavy (non-hydrogen) atoms. The Balaban J connectivity index is 2.42. The Morgan fingerprint density at radius 2 is 1.47 bits per heavy atom. The third-order valence-electron chi connectivity index (χ3n) is 2.54. The van der Waals surface area contributed by atoms with Gasteiger partial charge in [0.15, 0.2) is 6.29 Å². The molecular formula is C14H10O2S. The van der Waals surface area contributed by atoms with Crippen LogP contribution >= 0.6 is 12.6 Å². The van der Waals surface area contributed by atoms with Gasteiger partial charge in [-0.2, -0.15) is 0 Å². The molecule has 0 heterocycles. The summed E-state index contributed by atoms with van der Waals surface area (Å²) in [4.78, 5) is 21.9. The van der Waals surface area contributed by atoms with Crippen LogP contribution in [0.3, 0.4) is 0 Å². The lowest BCUT2D eigenvalue weighted by atomic mass is 10.0. The van der Waals surface area contributed by atoms with Crippen molar-refractivity contribution in [1.29, 1.82) is 0 Å². The molecule has 0 spiro atoms. The molecule has 0 amide bonds. The Morgan fingerprint density at radius 3 is 2.00 bits per heavy atom. The third kappa shape index (κ3) is 2.45. The van der Waals surface area contributed by atoms with Gasteiger partial charge in [0.2, 0.25) is 0 Å². The first kappa shape index (κ1) is 11.6. The van der Waals surface area contributed by atoms with E-state index in [1.807, 2.05) is 24.3 Å². The maximum Gasteiger partial charge on any atom is 0.151 e. The van der Waals surface area contributed by atoms with Crippen LogP contribution in [0.4, 0.5) is 0 Å². The van der Waals surface area contributed by atoms with Gasteiger partial charge in [0.05, 0.1) is 0 Å². The zero-order valence-corrected chi connectivity index (χ0v) is 9.85. The van der Waals surface area contributed by atoms with Crippen LogP contribution < -0.4 is 0 Å². The second-order valence-electron chi connectivity index (χ2n) is 3.63. The minimum Gasteiger partial charge on any atom is -0.298 e. The maximum absolute atomic E-state index is 10.7. The van der Waals surface area contributed by atoms with Crippen LogP contribution in [0, 0.1) is 0 Å². The van der Waals surface area contributed by atoms with Crippen LogP contribution in [0.2, 0.25) is 0 Å². The number of thiol groups is 1. The summed E-state index contributed by atoms with van der Waals surface area (Å²) in [6.07, 6.45) is 1.59. The van der Waals surface area contributed by atoms with Gasteiger partial charge in [-0.05, 0) is 23.3 Å². The van der Waals surface area contributed by atoms with Gasteiger partial charge in [-0.15, -0.1) is 12.6 Å². The number of rotatable bonds is 3. The summed E-state index contributed by atoms with van der Waals surface area (Å²) in [7, 11) is 0. The van der Waals surface area contributed by atoms with Crippen molar-refractivity contribution in [2.75, 3.05) is 0 Å². The second-order valence-corrected chi connectivity index (χ2v) is 4.11. The molecule has 0 aliphatic carbocycles. The molecule has 0 saturated carbocycles. The Labute approximate surface area is 105 Å². The maximum atomic E-state index is 10.7. The summed E-state index contributed by atoms with van der Waals surface area (Å²) in [6.45, 7) is 0. The fourth-order valence-corrected chi connectivity index (χ4v) is 1.84. The zero-order valence-electron chi connectivity index (χ0n) is 8.96. The van der Waals surface area contributed by atoms with Crippen LogP contribution in [0.5, 0.6) is 0 Å². The smallest absolute Gasteiger partial charge is 0.151 e. The van der Waals surface area contributed by atoms with Crippen molar-refractivity contribution in [1.82, 2.24) is 0 Å². The van der Waals surface area contributed by atoms with Gasteiger partial charge < -0.3 is 0 Å². The molecule has 0 aliphatic heterocycles. The van der Waals surface area contributed by atoms with E-state index < -0.39 is 0 Å². The summed E-state index contributed by atoms with van der Waals surface area (Å²) in [5.74, 6) is 0. The SMILES string of the molecule is O=Cc1ccc(-c2ccc(C=O)c(S)c2)cc1. The fraction of sp³-hybridized carbons (Fsp3) is 0. The molecule has 0 radical (unpaired) electrons. The molecule has 3 heteroatoms. The molecule has 0 bridgehead atoms. The number of benzene rings is 2. The third-order valence-corrected chi connectivity index (χ3v) is 2.92. The minimum atomic E-state index is 0.571. The van der Waals surface area contributed by atoms with E-state index in [4.69, 9.17) is 0 Å². The highest BCUT2D eigenvalue weighted by Gasteiger charge is 2.02. The molecule has 0 unspecified atom stereocenters. The average molecular weight is 242 g/mol. The van der Waals surface area contributed by atoms with Crippen molar-refractivity contribution in [3.05, 3.63) is 53.6 Å². The fourth-order valence-electron chi connectivity index (χ4n) is 1.58. The molecule has 2 nitrogen and oxygen atoms in total. The number of carbonyl (C=O) groups excluding carboxylic acids is 2. The Morgan fingerprint density at radius 1 is 0.824 bits per heavy atom. The number of hydrogen-bond acceptors (Lipinski definition) is 3. The largest absolute Gasteiger partial charge is 0.298 e. The van der Waals surface area contributed by atoms with Crippen molar-refractivity contribution in [3.63, 3.8) is 0 Å². The van der Waals surface area contributed by atoms with E-state index in [9.17, 15) is 9.59 Å². The van der Waals surface area contributed by atoms with Crippen molar-refractivity contribution in [2.24, 2.45) is 0 Å². The van der Waals surface area contributed by atoms with Gasteiger partial charge in [-0.3, -0.25) is 9.59 Å². The van der Waals surface area contributed by atoms with E-state index in [1.54, 1.807) is 18.2 Å². The molecule has 0 N–H and O–H groups in total. The molecule has 0 aromatic heterocycles. The van der Waals surface area contributed by atoms with E-state index in [2.05, 4.69) is 12.6 Å². The highest BCUT2D eigenvalue weighted by atomic mass is 32.1. The molecule has 0 saturated heterocycles. The molecule has 0 fully saturated rings. The van der Waals surface area contributed by atoms with E-state index in [0.29, 0.717) is 16.0 Å². The van der Waals surface area contributed by atoms with Crippen LogP contribution in [-0.2, 0) is 0 Å². The van der Waals surface area contributed by atoms with Gasteiger partial charge in [0.1, 0.15) is 6.29 Å². The summed E-state index contributed by atoms with van der Waals surface area (Å²) in [6, 6.07) is 12.7. The predicted octanol–water partition coefficient (Wildman–Crippen LogP) is 3.27. The predicted molar refractivity (Wildman–Crippen MR) is 69.9 cm³/mol. The second kappa shape index (κ2) is 4.97. The molecule has 2 rings (SSSR count). The van der Waals surface area contributed by atoms with Gasteiger partial charge >= 0.3 is 0 Å². The van der Waals surface area contributed by atoms with Crippen molar-refractivity contribution in [3.8, 4) is 11.1 Å². The minimum absolute atomic E-state index is 0.571. The average Bonchev–Trinajstić information content (AvgIpc) is 2.39. The lowest BCUT2D eigenvalue weighted by Gasteiger charge is -2.04. The molecule has 84 valence electrons. The Bertz CT molecular complexity index is 559. The quantitative estimate of drug-likeness (QED) is 0.662. The van der Waals surface area contributed by atoms with Crippen LogP contribution in [0.25, 0.3) is 11.1 Å². The van der Waals surface area contributed by atoms with E-state index in [-0.39, 0.29) is 0 Å². The van der Waals surface area contributed by atoms with Crippen molar-refractivity contribution < 1.29 is 9.59 Å².